The van der Waals surface area contributed by atoms with Gasteiger partial charge in [-0.2, -0.15) is 4.79 Å². The molecule has 0 fully saturated rings. The van der Waals surface area contributed by atoms with Crippen molar-refractivity contribution in [2.24, 2.45) is 11.5 Å². The SMILES string of the molecule is [N-]=[N+]=C(CCN)CCCCCN. The summed E-state index contributed by atoms with van der Waals surface area (Å²) in [7, 11) is 0. The molecule has 0 aliphatic heterocycles. The molecule has 70 valence electrons. The van der Waals surface area contributed by atoms with Crippen molar-refractivity contribution in [1.82, 2.24) is 0 Å². The normalized spacial score (nSPS) is 9.50. The van der Waals surface area contributed by atoms with Crippen molar-refractivity contribution in [1.29, 1.82) is 0 Å². The van der Waals surface area contributed by atoms with E-state index in [1.165, 1.54) is 0 Å². The molecule has 12 heavy (non-hydrogen) atoms. The number of nitrogens with zero attached hydrogens (tertiary/aromatic N) is 2. The Morgan fingerprint density at radius 1 is 1.00 bits per heavy atom. The lowest BCUT2D eigenvalue weighted by Gasteiger charge is -1.95. The minimum absolute atomic E-state index is 0.552. The molecule has 0 atom stereocenters. The third kappa shape index (κ3) is 6.04. The maximum absolute atomic E-state index is 8.52. The molecule has 0 unspecified atom stereocenters. The van der Waals surface area contributed by atoms with Crippen molar-refractivity contribution in [2.45, 2.75) is 32.1 Å². The monoisotopic (exact) mass is 170 g/mol. The van der Waals surface area contributed by atoms with E-state index < -0.39 is 0 Å². The summed E-state index contributed by atoms with van der Waals surface area (Å²) in [5.74, 6) is 0. The van der Waals surface area contributed by atoms with E-state index in [0.29, 0.717) is 13.0 Å². The fraction of sp³-hybridized carbons (Fsp3) is 0.875. The highest BCUT2D eigenvalue weighted by molar-refractivity contribution is 5.79. The summed E-state index contributed by atoms with van der Waals surface area (Å²) < 4.78 is 0. The van der Waals surface area contributed by atoms with E-state index in [4.69, 9.17) is 17.0 Å². The van der Waals surface area contributed by atoms with Crippen LogP contribution in [-0.2, 0) is 0 Å². The van der Waals surface area contributed by atoms with Crippen LogP contribution >= 0.6 is 0 Å². The first-order valence-electron chi connectivity index (χ1n) is 4.45. The molecule has 0 aromatic heterocycles. The summed E-state index contributed by atoms with van der Waals surface area (Å²) in [4.78, 5) is 3.18. The van der Waals surface area contributed by atoms with Crippen LogP contribution in [0.15, 0.2) is 0 Å². The Bertz CT molecular complexity index is 149. The van der Waals surface area contributed by atoms with Crippen LogP contribution in [0.5, 0.6) is 0 Å². The molecular weight excluding hydrogens is 152 g/mol. The van der Waals surface area contributed by atoms with E-state index >= 15 is 0 Å². The molecule has 0 saturated carbocycles. The largest absolute Gasteiger partial charge is 0.362 e. The van der Waals surface area contributed by atoms with Crippen LogP contribution < -0.4 is 11.5 Å². The summed E-state index contributed by atoms with van der Waals surface area (Å²) in [6.45, 7) is 1.29. The van der Waals surface area contributed by atoms with Gasteiger partial charge in [-0.25, -0.2) is 0 Å². The Labute approximate surface area is 73.6 Å². The second kappa shape index (κ2) is 8.40. The summed E-state index contributed by atoms with van der Waals surface area (Å²) in [5, 5.41) is 0. The van der Waals surface area contributed by atoms with Crippen LogP contribution in [-0.4, -0.2) is 23.6 Å². The van der Waals surface area contributed by atoms with Gasteiger partial charge in [-0.15, -0.1) is 0 Å². The first-order chi connectivity index (χ1) is 5.85. The highest BCUT2D eigenvalue weighted by Crippen LogP contribution is 2.00. The summed E-state index contributed by atoms with van der Waals surface area (Å²) in [6, 6.07) is 0. The smallest absolute Gasteiger partial charge is 0.270 e. The van der Waals surface area contributed by atoms with Gasteiger partial charge in [0.1, 0.15) is 0 Å². The van der Waals surface area contributed by atoms with Crippen molar-refractivity contribution in [3.63, 3.8) is 0 Å². The molecule has 0 bridgehead atoms. The molecule has 4 nitrogen and oxygen atoms in total. The molecule has 0 saturated heterocycles. The first kappa shape index (κ1) is 11.3. The molecular formula is C8H18N4. The molecule has 0 amide bonds. The minimum atomic E-state index is 0.552. The summed E-state index contributed by atoms with van der Waals surface area (Å²) >= 11 is 0. The maximum atomic E-state index is 8.52. The second-order valence-corrected chi connectivity index (χ2v) is 2.80. The van der Waals surface area contributed by atoms with Gasteiger partial charge in [0.25, 0.3) is 5.71 Å². The number of rotatable bonds is 7. The Morgan fingerprint density at radius 3 is 2.25 bits per heavy atom. The van der Waals surface area contributed by atoms with Crippen LogP contribution in [0.3, 0.4) is 0 Å². The predicted octanol–water partition coefficient (Wildman–Crippen LogP) is 0.525. The van der Waals surface area contributed by atoms with Gasteiger partial charge in [-0.1, -0.05) is 6.42 Å². The predicted molar refractivity (Wildman–Crippen MR) is 49.8 cm³/mol. The first-order valence-corrected chi connectivity index (χ1v) is 4.45. The maximum Gasteiger partial charge on any atom is 0.270 e. The van der Waals surface area contributed by atoms with Gasteiger partial charge in [0, 0.05) is 13.0 Å². The molecule has 4 N–H and O–H groups in total. The molecule has 4 heteroatoms. The Balaban J connectivity index is 3.39. The van der Waals surface area contributed by atoms with Crippen LogP contribution in [0.25, 0.3) is 5.53 Å². The van der Waals surface area contributed by atoms with Crippen molar-refractivity contribution in [2.75, 3.05) is 13.1 Å². The minimum Gasteiger partial charge on any atom is -0.362 e. The van der Waals surface area contributed by atoms with Crippen molar-refractivity contribution in [3.05, 3.63) is 5.53 Å². The molecule has 0 rings (SSSR count). The molecule has 0 radical (unpaired) electrons. The van der Waals surface area contributed by atoms with Gasteiger partial charge < -0.3 is 17.0 Å². The average molecular weight is 170 g/mol. The standard InChI is InChI=1S/C8H18N4/c9-6-3-1-2-4-8(12-11)5-7-10/h1-7,9-10H2. The van der Waals surface area contributed by atoms with Crippen molar-refractivity contribution in [3.8, 4) is 0 Å². The van der Waals surface area contributed by atoms with Crippen LogP contribution in [0.2, 0.25) is 0 Å². The lowest BCUT2D eigenvalue weighted by Crippen LogP contribution is -2.09. The second-order valence-electron chi connectivity index (χ2n) is 2.80. The van der Waals surface area contributed by atoms with E-state index in [9.17, 15) is 0 Å². The lowest BCUT2D eigenvalue weighted by molar-refractivity contribution is -0.0113. The van der Waals surface area contributed by atoms with Crippen LogP contribution in [0.4, 0.5) is 0 Å². The molecule has 0 aromatic carbocycles. The summed E-state index contributed by atoms with van der Waals surface area (Å²) in [5.41, 5.74) is 20.0. The highest BCUT2D eigenvalue weighted by Gasteiger charge is 2.05. The zero-order valence-electron chi connectivity index (χ0n) is 7.50. The molecule has 0 heterocycles. The molecule has 0 aliphatic rings. The van der Waals surface area contributed by atoms with Crippen LogP contribution in [0, 0.1) is 0 Å². The Morgan fingerprint density at radius 2 is 1.75 bits per heavy atom. The fourth-order valence-electron chi connectivity index (χ4n) is 1.04. The zero-order valence-corrected chi connectivity index (χ0v) is 7.50. The van der Waals surface area contributed by atoms with E-state index in [-0.39, 0.29) is 0 Å². The van der Waals surface area contributed by atoms with Crippen molar-refractivity contribution >= 4 is 5.71 Å². The number of hydrogen-bond donors (Lipinski definition) is 2. The average Bonchev–Trinajstić information content (AvgIpc) is 2.10. The quantitative estimate of drug-likeness (QED) is 0.252. The lowest BCUT2D eigenvalue weighted by atomic mass is 10.1. The topological polar surface area (TPSA) is 88.4 Å². The number of nitrogens with two attached hydrogens (primary N) is 2. The third-order valence-electron chi connectivity index (χ3n) is 1.74. The van der Waals surface area contributed by atoms with E-state index in [0.717, 1.165) is 37.9 Å². The molecule has 0 aliphatic carbocycles. The van der Waals surface area contributed by atoms with Gasteiger partial charge in [0.15, 0.2) is 0 Å². The van der Waals surface area contributed by atoms with Crippen molar-refractivity contribution < 1.29 is 4.79 Å². The fourth-order valence-corrected chi connectivity index (χ4v) is 1.04. The van der Waals surface area contributed by atoms with Gasteiger partial charge in [-0.05, 0) is 19.4 Å². The van der Waals surface area contributed by atoms with Gasteiger partial charge >= 0.3 is 0 Å². The molecule has 0 aromatic rings. The number of hydrogen-bond acceptors (Lipinski definition) is 2. The van der Waals surface area contributed by atoms with Gasteiger partial charge in [0.05, 0.1) is 6.42 Å². The highest BCUT2D eigenvalue weighted by atomic mass is 14.9. The zero-order chi connectivity index (χ0) is 9.23. The molecule has 0 spiro atoms. The van der Waals surface area contributed by atoms with Gasteiger partial charge in [-0.3, -0.25) is 0 Å². The Kier molecular flexibility index (Phi) is 7.91. The third-order valence-corrected chi connectivity index (χ3v) is 1.74. The van der Waals surface area contributed by atoms with Crippen LogP contribution in [0.1, 0.15) is 32.1 Å². The van der Waals surface area contributed by atoms with E-state index in [2.05, 4.69) is 4.79 Å². The number of unbranched alkanes of at least 4 members (excludes halogenated alkanes) is 2. The van der Waals surface area contributed by atoms with E-state index in [1.807, 2.05) is 0 Å². The Hall–Kier alpha value is -0.700. The van der Waals surface area contributed by atoms with Gasteiger partial charge in [0.2, 0.25) is 0 Å². The summed E-state index contributed by atoms with van der Waals surface area (Å²) in [6.07, 6.45) is 4.71. The van der Waals surface area contributed by atoms with E-state index in [1.54, 1.807) is 0 Å².